The molecule has 2 aliphatic rings. The minimum absolute atomic E-state index is 0.00637. The second kappa shape index (κ2) is 6.95. The molecule has 0 aliphatic carbocycles. The van der Waals surface area contributed by atoms with Gasteiger partial charge in [0.05, 0.1) is 44.2 Å². The van der Waals surface area contributed by atoms with E-state index in [1.807, 2.05) is 47.8 Å². The molecular formula is C21H23N7O3. The lowest BCUT2D eigenvalue weighted by Gasteiger charge is -2.51. The van der Waals surface area contributed by atoms with Gasteiger partial charge >= 0.3 is 0 Å². The van der Waals surface area contributed by atoms with E-state index in [1.165, 1.54) is 0 Å². The van der Waals surface area contributed by atoms with Gasteiger partial charge in [0.1, 0.15) is 11.4 Å². The number of carbonyl (C=O) groups excluding carboxylic acids is 1. The van der Waals surface area contributed by atoms with Gasteiger partial charge in [-0.15, -0.1) is 0 Å². The number of hydrogen-bond donors (Lipinski definition) is 1. The van der Waals surface area contributed by atoms with Crippen LogP contribution in [0.4, 0.5) is 23.1 Å². The van der Waals surface area contributed by atoms with E-state index in [0.29, 0.717) is 36.4 Å². The van der Waals surface area contributed by atoms with Crippen LogP contribution in [0.25, 0.3) is 5.69 Å². The van der Waals surface area contributed by atoms with E-state index >= 15 is 0 Å². The van der Waals surface area contributed by atoms with E-state index in [2.05, 4.69) is 20.3 Å². The van der Waals surface area contributed by atoms with Crippen LogP contribution in [0.1, 0.15) is 5.69 Å². The number of nitrogens with zero attached hydrogens (tertiary/aromatic N) is 6. The van der Waals surface area contributed by atoms with Crippen LogP contribution in [0.2, 0.25) is 0 Å². The van der Waals surface area contributed by atoms with Crippen LogP contribution in [0.15, 0.2) is 36.9 Å². The van der Waals surface area contributed by atoms with Crippen LogP contribution < -0.4 is 19.9 Å². The highest BCUT2D eigenvalue weighted by Gasteiger charge is 2.55. The molecule has 0 unspecified atom stereocenters. The van der Waals surface area contributed by atoms with Crippen molar-refractivity contribution < 1.29 is 14.3 Å². The van der Waals surface area contributed by atoms with Crippen LogP contribution in [0.3, 0.4) is 0 Å². The third-order valence-corrected chi connectivity index (χ3v) is 5.88. The molecule has 1 saturated heterocycles. The van der Waals surface area contributed by atoms with Gasteiger partial charge in [-0.3, -0.25) is 4.79 Å². The summed E-state index contributed by atoms with van der Waals surface area (Å²) in [5, 5.41) is 3.23. The van der Waals surface area contributed by atoms with Crippen molar-refractivity contribution in [2.24, 2.45) is 0 Å². The number of ether oxygens (including phenoxy) is 2. The quantitative estimate of drug-likeness (QED) is 0.682. The first-order chi connectivity index (χ1) is 14.9. The molecule has 0 radical (unpaired) electrons. The van der Waals surface area contributed by atoms with E-state index < -0.39 is 5.54 Å². The molecular weight excluding hydrogens is 398 g/mol. The molecule has 1 amide bonds. The van der Waals surface area contributed by atoms with Crippen molar-refractivity contribution in [2.45, 2.75) is 12.5 Å². The first kappa shape index (κ1) is 19.3. The van der Waals surface area contributed by atoms with Gasteiger partial charge in [0, 0.05) is 32.0 Å². The number of nitrogens with one attached hydrogen (secondary N) is 1. The highest BCUT2D eigenvalue weighted by molar-refractivity contribution is 6.08. The molecule has 1 N–H and O–H groups in total. The number of amides is 1. The van der Waals surface area contributed by atoms with Crippen molar-refractivity contribution in [3.8, 4) is 11.4 Å². The number of anilines is 4. The van der Waals surface area contributed by atoms with E-state index in [9.17, 15) is 4.79 Å². The SMILES string of the molecule is COc1cc(Nc2ncc3c(n2)N(C)C2(COC2)C(=O)N3C)ccc1-n1cnc(C)c1. The molecule has 2 aliphatic heterocycles. The Kier molecular flexibility index (Phi) is 4.33. The van der Waals surface area contributed by atoms with Crippen molar-refractivity contribution in [3.63, 3.8) is 0 Å². The summed E-state index contributed by atoms with van der Waals surface area (Å²) in [5.74, 6) is 1.79. The van der Waals surface area contributed by atoms with Gasteiger partial charge in [-0.2, -0.15) is 4.98 Å². The Bertz CT molecular complexity index is 1170. The molecule has 31 heavy (non-hydrogen) atoms. The molecule has 2 aromatic heterocycles. The third-order valence-electron chi connectivity index (χ3n) is 5.88. The summed E-state index contributed by atoms with van der Waals surface area (Å²) < 4.78 is 12.8. The second-order valence-corrected chi connectivity index (χ2v) is 7.78. The van der Waals surface area contributed by atoms with Crippen molar-refractivity contribution in [3.05, 3.63) is 42.6 Å². The summed E-state index contributed by atoms with van der Waals surface area (Å²) in [6, 6.07) is 5.75. The van der Waals surface area contributed by atoms with Gasteiger partial charge in [-0.05, 0) is 19.1 Å². The summed E-state index contributed by atoms with van der Waals surface area (Å²) >= 11 is 0. The molecule has 1 fully saturated rings. The highest BCUT2D eigenvalue weighted by atomic mass is 16.5. The molecule has 1 spiro atoms. The topological polar surface area (TPSA) is 97.6 Å². The summed E-state index contributed by atoms with van der Waals surface area (Å²) in [5.41, 5.74) is 2.56. The minimum Gasteiger partial charge on any atom is -0.494 e. The maximum Gasteiger partial charge on any atom is 0.257 e. The Morgan fingerprint density at radius 1 is 1.19 bits per heavy atom. The minimum atomic E-state index is -0.693. The zero-order valence-electron chi connectivity index (χ0n) is 17.8. The zero-order valence-corrected chi connectivity index (χ0v) is 17.8. The number of likely N-dealkylation sites (N-methyl/N-ethyl adjacent to an activating group) is 2. The summed E-state index contributed by atoms with van der Waals surface area (Å²) in [4.78, 5) is 29.7. The molecule has 10 heteroatoms. The van der Waals surface area contributed by atoms with Gasteiger partial charge in [-0.25, -0.2) is 9.97 Å². The Hall–Kier alpha value is -3.66. The standard InChI is InChI=1S/C21H23N7O3/c1-13-9-28(12-23-13)15-6-5-14(7-17(15)30-4)24-20-22-8-16-18(25-20)27(3)21(10-31-11-21)19(29)26(16)2/h5-9,12H,10-11H2,1-4H3,(H,22,24,25). The number of methoxy groups -OCH3 is 1. The Morgan fingerprint density at radius 3 is 2.65 bits per heavy atom. The van der Waals surface area contributed by atoms with Crippen LogP contribution in [-0.4, -0.2) is 65.4 Å². The molecule has 0 bridgehead atoms. The smallest absolute Gasteiger partial charge is 0.257 e. The van der Waals surface area contributed by atoms with Crippen molar-refractivity contribution >= 4 is 29.0 Å². The molecule has 0 atom stereocenters. The first-order valence-electron chi connectivity index (χ1n) is 9.86. The number of aryl methyl sites for hydroxylation is 1. The lowest BCUT2D eigenvalue weighted by Crippen LogP contribution is -2.71. The largest absolute Gasteiger partial charge is 0.494 e. The molecule has 1 aromatic carbocycles. The Balaban J connectivity index is 1.46. The third kappa shape index (κ3) is 2.90. The average Bonchev–Trinajstić information content (AvgIpc) is 3.17. The van der Waals surface area contributed by atoms with Gasteiger partial charge in [0.15, 0.2) is 11.4 Å². The molecule has 4 heterocycles. The number of imidazole rings is 1. The lowest BCUT2D eigenvalue weighted by molar-refractivity contribution is -0.141. The number of rotatable bonds is 4. The molecule has 3 aromatic rings. The fourth-order valence-corrected chi connectivity index (χ4v) is 3.94. The highest BCUT2D eigenvalue weighted by Crippen LogP contribution is 2.41. The fraction of sp³-hybridized carbons (Fsp3) is 0.333. The number of aromatic nitrogens is 4. The van der Waals surface area contributed by atoms with E-state index in [0.717, 1.165) is 17.1 Å². The van der Waals surface area contributed by atoms with E-state index in [4.69, 9.17) is 9.47 Å². The predicted molar refractivity (Wildman–Crippen MR) is 116 cm³/mol. The number of benzene rings is 1. The van der Waals surface area contributed by atoms with Gasteiger partial charge < -0.3 is 29.2 Å². The van der Waals surface area contributed by atoms with Crippen molar-refractivity contribution in [2.75, 3.05) is 49.5 Å². The number of fused-ring (bicyclic) bond motifs is 1. The molecule has 5 rings (SSSR count). The van der Waals surface area contributed by atoms with Crippen LogP contribution in [-0.2, 0) is 9.53 Å². The predicted octanol–water partition coefficient (Wildman–Crippen LogP) is 1.90. The van der Waals surface area contributed by atoms with E-state index in [1.54, 1.807) is 31.6 Å². The van der Waals surface area contributed by atoms with Crippen molar-refractivity contribution in [1.82, 2.24) is 19.5 Å². The van der Waals surface area contributed by atoms with Crippen LogP contribution in [0, 0.1) is 6.92 Å². The monoisotopic (exact) mass is 421 g/mol. The maximum atomic E-state index is 12.8. The Morgan fingerprint density at radius 2 is 2.00 bits per heavy atom. The maximum absolute atomic E-state index is 12.8. The van der Waals surface area contributed by atoms with Gasteiger partial charge in [0.25, 0.3) is 5.91 Å². The summed E-state index contributed by atoms with van der Waals surface area (Å²) in [7, 11) is 5.24. The van der Waals surface area contributed by atoms with Crippen molar-refractivity contribution in [1.29, 1.82) is 0 Å². The molecule has 0 saturated carbocycles. The van der Waals surface area contributed by atoms with Gasteiger partial charge in [0.2, 0.25) is 5.95 Å². The average molecular weight is 421 g/mol. The fourth-order valence-electron chi connectivity index (χ4n) is 3.94. The lowest BCUT2D eigenvalue weighted by atomic mass is 9.91. The number of carbonyl (C=O) groups is 1. The number of hydrogen-bond acceptors (Lipinski definition) is 8. The van der Waals surface area contributed by atoms with Crippen LogP contribution >= 0.6 is 0 Å². The Labute approximate surface area is 179 Å². The summed E-state index contributed by atoms with van der Waals surface area (Å²) in [6.07, 6.45) is 5.34. The van der Waals surface area contributed by atoms with E-state index in [-0.39, 0.29) is 5.91 Å². The van der Waals surface area contributed by atoms with Crippen LogP contribution in [0.5, 0.6) is 5.75 Å². The molecule has 160 valence electrons. The first-order valence-corrected chi connectivity index (χ1v) is 9.86. The zero-order chi connectivity index (χ0) is 21.8. The van der Waals surface area contributed by atoms with Gasteiger partial charge in [-0.1, -0.05) is 0 Å². The summed E-state index contributed by atoms with van der Waals surface area (Å²) in [6.45, 7) is 2.64. The normalized spacial score (nSPS) is 16.8. The second-order valence-electron chi connectivity index (χ2n) is 7.78. The molecule has 10 nitrogen and oxygen atoms in total.